The molecule has 1 aromatic rings. The van der Waals surface area contributed by atoms with E-state index in [2.05, 4.69) is 4.72 Å². The minimum atomic E-state index is -3.17. The first-order valence-corrected chi connectivity index (χ1v) is 10.6. The van der Waals surface area contributed by atoms with Gasteiger partial charge >= 0.3 is 0 Å². The number of nitrogens with one attached hydrogen (secondary N) is 1. The van der Waals surface area contributed by atoms with Crippen LogP contribution in [0.15, 0.2) is 24.3 Å². The highest BCUT2D eigenvalue weighted by molar-refractivity contribution is 7.88. The van der Waals surface area contributed by atoms with E-state index in [1.165, 1.54) is 5.56 Å². The molecule has 1 heterocycles. The summed E-state index contributed by atoms with van der Waals surface area (Å²) >= 11 is 5.86. The van der Waals surface area contributed by atoms with Crippen molar-refractivity contribution in [3.63, 3.8) is 0 Å². The number of amides is 1. The van der Waals surface area contributed by atoms with Gasteiger partial charge < -0.3 is 4.90 Å². The summed E-state index contributed by atoms with van der Waals surface area (Å²) in [5, 5.41) is 0.719. The molecule has 2 rings (SSSR count). The number of benzene rings is 1. The summed E-state index contributed by atoms with van der Waals surface area (Å²) < 4.78 is 24.9. The number of rotatable bonds is 7. The van der Waals surface area contributed by atoms with Crippen molar-refractivity contribution < 1.29 is 13.2 Å². The molecule has 0 spiro atoms. The molecule has 1 aliphatic rings. The standard InChI is InChI=1S/C17H25ClN2O3S/c1-24(22,23)19-12-15-5-3-11-20(13-15)17(21)6-2-4-14-7-9-16(18)10-8-14/h7-10,15,19H,2-6,11-13H2,1H3. The van der Waals surface area contributed by atoms with E-state index in [-0.39, 0.29) is 11.8 Å². The zero-order valence-electron chi connectivity index (χ0n) is 14.0. The molecule has 5 nitrogen and oxygen atoms in total. The molecule has 0 aliphatic carbocycles. The summed E-state index contributed by atoms with van der Waals surface area (Å²) in [4.78, 5) is 14.2. The second kappa shape index (κ2) is 8.83. The fourth-order valence-electron chi connectivity index (χ4n) is 2.98. The van der Waals surface area contributed by atoms with Crippen molar-refractivity contribution in [1.82, 2.24) is 9.62 Å². The second-order valence-corrected chi connectivity index (χ2v) is 8.72. The monoisotopic (exact) mass is 372 g/mol. The third kappa shape index (κ3) is 6.79. The van der Waals surface area contributed by atoms with Gasteiger partial charge in [0.1, 0.15) is 0 Å². The topological polar surface area (TPSA) is 66.5 Å². The van der Waals surface area contributed by atoms with Crippen LogP contribution in [0, 0.1) is 5.92 Å². The summed E-state index contributed by atoms with van der Waals surface area (Å²) in [6.07, 6.45) is 5.24. The summed E-state index contributed by atoms with van der Waals surface area (Å²) in [5.41, 5.74) is 1.18. The molecule has 1 atom stereocenters. The van der Waals surface area contributed by atoms with E-state index in [1.54, 1.807) is 0 Å². The van der Waals surface area contributed by atoms with Crippen LogP contribution < -0.4 is 4.72 Å². The van der Waals surface area contributed by atoms with Gasteiger partial charge in [0.2, 0.25) is 15.9 Å². The number of halogens is 1. The van der Waals surface area contributed by atoms with Gasteiger partial charge in [-0.25, -0.2) is 13.1 Å². The minimum Gasteiger partial charge on any atom is -0.342 e. The molecule has 1 fully saturated rings. The molecule has 134 valence electrons. The Kier molecular flexibility index (Phi) is 7.07. The maximum Gasteiger partial charge on any atom is 0.222 e. The highest BCUT2D eigenvalue weighted by Gasteiger charge is 2.23. The maximum atomic E-state index is 12.4. The van der Waals surface area contributed by atoms with Gasteiger partial charge in [0.05, 0.1) is 6.26 Å². The van der Waals surface area contributed by atoms with Gasteiger partial charge in [-0.3, -0.25) is 4.79 Å². The average molecular weight is 373 g/mol. The maximum absolute atomic E-state index is 12.4. The van der Waals surface area contributed by atoms with Crippen molar-refractivity contribution in [2.45, 2.75) is 32.1 Å². The fraction of sp³-hybridized carbons (Fsp3) is 0.588. The third-order valence-corrected chi connectivity index (χ3v) is 5.22. The van der Waals surface area contributed by atoms with Gasteiger partial charge in [0.15, 0.2) is 0 Å². The van der Waals surface area contributed by atoms with Crippen molar-refractivity contribution in [2.75, 3.05) is 25.9 Å². The minimum absolute atomic E-state index is 0.160. The lowest BCUT2D eigenvalue weighted by Gasteiger charge is -2.33. The van der Waals surface area contributed by atoms with Crippen LogP contribution in [0.3, 0.4) is 0 Å². The molecule has 7 heteroatoms. The van der Waals surface area contributed by atoms with Crippen LogP contribution in [0.5, 0.6) is 0 Å². The van der Waals surface area contributed by atoms with Gasteiger partial charge in [-0.2, -0.15) is 0 Å². The van der Waals surface area contributed by atoms with E-state index in [0.717, 1.165) is 43.5 Å². The van der Waals surface area contributed by atoms with Gasteiger partial charge in [-0.05, 0) is 49.3 Å². The van der Waals surface area contributed by atoms with E-state index in [1.807, 2.05) is 29.2 Å². The predicted octanol–water partition coefficient (Wildman–Crippen LogP) is 2.45. The molecule has 1 aromatic carbocycles. The van der Waals surface area contributed by atoms with Crippen LogP contribution >= 0.6 is 11.6 Å². The van der Waals surface area contributed by atoms with Crippen LogP contribution in [-0.4, -0.2) is 45.1 Å². The number of carbonyl (C=O) groups excluding carboxylic acids is 1. The van der Waals surface area contributed by atoms with Gasteiger partial charge in [-0.15, -0.1) is 0 Å². The average Bonchev–Trinajstić information content (AvgIpc) is 2.54. The number of aryl methyl sites for hydroxylation is 1. The molecule has 24 heavy (non-hydrogen) atoms. The van der Waals surface area contributed by atoms with E-state index >= 15 is 0 Å². The molecule has 0 bridgehead atoms. The molecule has 1 N–H and O–H groups in total. The molecule has 0 aromatic heterocycles. The van der Waals surface area contributed by atoms with Crippen molar-refractivity contribution in [3.8, 4) is 0 Å². The largest absolute Gasteiger partial charge is 0.342 e. The smallest absolute Gasteiger partial charge is 0.222 e. The van der Waals surface area contributed by atoms with Gasteiger partial charge in [0.25, 0.3) is 0 Å². The SMILES string of the molecule is CS(=O)(=O)NCC1CCCN(C(=O)CCCc2ccc(Cl)cc2)C1. The van der Waals surface area contributed by atoms with E-state index in [4.69, 9.17) is 11.6 Å². The lowest BCUT2D eigenvalue weighted by atomic mass is 9.97. The van der Waals surface area contributed by atoms with Crippen LogP contribution in [0.2, 0.25) is 5.02 Å². The van der Waals surface area contributed by atoms with Gasteiger partial charge in [0, 0.05) is 31.1 Å². The molecule has 1 unspecified atom stereocenters. The highest BCUT2D eigenvalue weighted by atomic mass is 35.5. The molecule has 0 radical (unpaired) electrons. The molecular formula is C17H25ClN2O3S. The highest BCUT2D eigenvalue weighted by Crippen LogP contribution is 2.18. The number of hydrogen-bond donors (Lipinski definition) is 1. The van der Waals surface area contributed by atoms with Crippen molar-refractivity contribution in [2.24, 2.45) is 5.92 Å². The Morgan fingerprint density at radius 2 is 2.04 bits per heavy atom. The lowest BCUT2D eigenvalue weighted by Crippen LogP contribution is -2.43. The molecule has 1 saturated heterocycles. The summed E-state index contributed by atoms with van der Waals surface area (Å²) in [6, 6.07) is 7.70. The van der Waals surface area contributed by atoms with Crippen molar-refractivity contribution in [1.29, 1.82) is 0 Å². The number of nitrogens with zero attached hydrogens (tertiary/aromatic N) is 1. The Hall–Kier alpha value is -1.11. The van der Waals surface area contributed by atoms with Crippen molar-refractivity contribution >= 4 is 27.5 Å². The van der Waals surface area contributed by atoms with E-state index in [0.29, 0.717) is 19.5 Å². The first kappa shape index (κ1) is 19.2. The van der Waals surface area contributed by atoms with E-state index in [9.17, 15) is 13.2 Å². The first-order valence-electron chi connectivity index (χ1n) is 8.30. The number of hydrogen-bond acceptors (Lipinski definition) is 3. The van der Waals surface area contributed by atoms with Crippen LogP contribution in [-0.2, 0) is 21.2 Å². The fourth-order valence-corrected chi connectivity index (χ4v) is 3.64. The molecule has 1 amide bonds. The summed E-state index contributed by atoms with van der Waals surface area (Å²) in [5.74, 6) is 0.363. The third-order valence-electron chi connectivity index (χ3n) is 4.28. The Bertz CT molecular complexity index is 646. The second-order valence-electron chi connectivity index (χ2n) is 6.45. The Morgan fingerprint density at radius 1 is 1.33 bits per heavy atom. The molecule has 0 saturated carbocycles. The molecular weight excluding hydrogens is 348 g/mol. The number of piperidine rings is 1. The summed E-state index contributed by atoms with van der Waals surface area (Å²) in [7, 11) is -3.17. The zero-order chi connectivity index (χ0) is 17.6. The number of sulfonamides is 1. The van der Waals surface area contributed by atoms with E-state index < -0.39 is 10.0 Å². The molecule has 1 aliphatic heterocycles. The van der Waals surface area contributed by atoms with Gasteiger partial charge in [-0.1, -0.05) is 23.7 Å². The Morgan fingerprint density at radius 3 is 2.71 bits per heavy atom. The Balaban J connectivity index is 1.74. The number of carbonyl (C=O) groups is 1. The Labute approximate surface area is 149 Å². The number of likely N-dealkylation sites (tertiary alicyclic amines) is 1. The predicted molar refractivity (Wildman–Crippen MR) is 96.5 cm³/mol. The summed E-state index contributed by atoms with van der Waals surface area (Å²) in [6.45, 7) is 1.82. The first-order chi connectivity index (χ1) is 11.3. The zero-order valence-corrected chi connectivity index (χ0v) is 15.6. The normalized spacial score (nSPS) is 18.6. The quantitative estimate of drug-likeness (QED) is 0.799. The lowest BCUT2D eigenvalue weighted by molar-refractivity contribution is -0.133. The van der Waals surface area contributed by atoms with Crippen LogP contribution in [0.1, 0.15) is 31.2 Å². The van der Waals surface area contributed by atoms with Crippen LogP contribution in [0.25, 0.3) is 0 Å². The van der Waals surface area contributed by atoms with Crippen LogP contribution in [0.4, 0.5) is 0 Å². The van der Waals surface area contributed by atoms with Crippen molar-refractivity contribution in [3.05, 3.63) is 34.9 Å².